The molecule has 38 heavy (non-hydrogen) atoms. The lowest BCUT2D eigenvalue weighted by molar-refractivity contribution is -0.277. The average Bonchev–Trinajstić information content (AvgIpc) is 3.20. The lowest BCUT2D eigenvalue weighted by Gasteiger charge is -2.40. The first-order valence-electron chi connectivity index (χ1n) is 11.8. The fraction of sp³-hybridized carbons (Fsp3) is 0.296. The molecule has 198 valence electrons. The van der Waals surface area contributed by atoms with Crippen LogP contribution in [0.2, 0.25) is 0 Å². The zero-order chi connectivity index (χ0) is 26.8. The van der Waals surface area contributed by atoms with Gasteiger partial charge in [0.25, 0.3) is 0 Å². The van der Waals surface area contributed by atoms with E-state index in [2.05, 4.69) is 0 Å². The molecule has 3 aliphatic rings. The molecule has 1 fully saturated rings. The number of aliphatic hydroxyl groups excluding tert-OH is 4. The quantitative estimate of drug-likeness (QED) is 0.244. The van der Waals surface area contributed by atoms with E-state index in [1.165, 1.54) is 18.2 Å². The summed E-state index contributed by atoms with van der Waals surface area (Å²) >= 11 is 5.99. The topological polar surface area (TPSA) is 155 Å². The lowest BCUT2D eigenvalue weighted by atomic mass is 9.77. The van der Waals surface area contributed by atoms with Crippen molar-refractivity contribution in [3.8, 4) is 23.0 Å². The van der Waals surface area contributed by atoms with Crippen molar-refractivity contribution in [2.24, 2.45) is 0 Å². The van der Waals surface area contributed by atoms with Gasteiger partial charge in [-0.15, -0.1) is 11.6 Å². The Labute approximate surface area is 221 Å². The van der Waals surface area contributed by atoms with Crippen LogP contribution >= 0.6 is 11.6 Å². The molecule has 3 aromatic carbocycles. The maximum Gasteiger partial charge on any atom is 0.340 e. The van der Waals surface area contributed by atoms with Gasteiger partial charge in [-0.1, -0.05) is 12.1 Å². The summed E-state index contributed by atoms with van der Waals surface area (Å²) in [5.74, 6) is 0.278. The number of aromatic hydroxyl groups is 1. The summed E-state index contributed by atoms with van der Waals surface area (Å²) < 4.78 is 23.4. The molecule has 0 aliphatic carbocycles. The van der Waals surface area contributed by atoms with Crippen LogP contribution < -0.4 is 9.47 Å². The summed E-state index contributed by atoms with van der Waals surface area (Å²) in [6.45, 7) is -0.600. The first-order chi connectivity index (χ1) is 18.3. The van der Waals surface area contributed by atoms with E-state index in [-0.39, 0.29) is 28.9 Å². The van der Waals surface area contributed by atoms with Crippen LogP contribution in [0, 0.1) is 0 Å². The predicted molar refractivity (Wildman–Crippen MR) is 130 cm³/mol. The summed E-state index contributed by atoms with van der Waals surface area (Å²) in [6, 6.07) is 14.5. The maximum atomic E-state index is 13.1. The van der Waals surface area contributed by atoms with Crippen molar-refractivity contribution >= 4 is 17.6 Å². The van der Waals surface area contributed by atoms with Crippen molar-refractivity contribution in [2.45, 2.75) is 42.2 Å². The number of hydrogen-bond acceptors (Lipinski definition) is 10. The molecule has 1 spiro atoms. The molecular formula is C27H23ClO10. The summed E-state index contributed by atoms with van der Waals surface area (Å²) in [4.78, 5) is 13.1. The predicted octanol–water partition coefficient (Wildman–Crippen LogP) is 1.88. The zero-order valence-corrected chi connectivity index (χ0v) is 20.4. The summed E-state index contributed by atoms with van der Waals surface area (Å²) in [6.07, 6.45) is -7.28. The maximum absolute atomic E-state index is 13.1. The third-order valence-electron chi connectivity index (χ3n) is 7.08. The van der Waals surface area contributed by atoms with Gasteiger partial charge in [-0.05, 0) is 35.9 Å². The van der Waals surface area contributed by atoms with Crippen molar-refractivity contribution < 1.29 is 49.3 Å². The Bertz CT molecular complexity index is 1420. The van der Waals surface area contributed by atoms with E-state index in [0.29, 0.717) is 22.3 Å². The smallest absolute Gasteiger partial charge is 0.340 e. The second kappa shape index (κ2) is 9.12. The van der Waals surface area contributed by atoms with E-state index < -0.39 is 48.9 Å². The van der Waals surface area contributed by atoms with Crippen molar-refractivity contribution in [3.63, 3.8) is 0 Å². The van der Waals surface area contributed by atoms with Crippen molar-refractivity contribution in [1.29, 1.82) is 0 Å². The Balaban J connectivity index is 1.44. The zero-order valence-electron chi connectivity index (χ0n) is 19.7. The van der Waals surface area contributed by atoms with E-state index >= 15 is 0 Å². The fourth-order valence-electron chi connectivity index (χ4n) is 5.20. The lowest BCUT2D eigenvalue weighted by Crippen LogP contribution is -2.60. The number of fused-ring (bicyclic) bond motifs is 6. The van der Waals surface area contributed by atoms with Gasteiger partial charge in [0.05, 0.1) is 12.2 Å². The number of phenolic OH excluding ortho intramolecular Hbond substituents is 1. The van der Waals surface area contributed by atoms with Gasteiger partial charge in [0.15, 0.2) is 5.60 Å². The molecule has 0 amide bonds. The Hall–Kier alpha value is -3.38. The molecule has 3 heterocycles. The van der Waals surface area contributed by atoms with Crippen LogP contribution in [-0.2, 0) is 21.0 Å². The van der Waals surface area contributed by atoms with Crippen LogP contribution in [0.4, 0.5) is 0 Å². The molecule has 0 saturated carbocycles. The number of halogens is 1. The van der Waals surface area contributed by atoms with E-state index in [0.717, 1.165) is 5.56 Å². The number of carbonyl (C=O) groups is 1. The number of ether oxygens (including phenoxy) is 4. The second-order valence-corrected chi connectivity index (χ2v) is 9.61. The van der Waals surface area contributed by atoms with Crippen molar-refractivity contribution in [2.75, 3.05) is 6.61 Å². The molecule has 10 nitrogen and oxygen atoms in total. The van der Waals surface area contributed by atoms with Crippen LogP contribution in [0.25, 0.3) is 0 Å². The van der Waals surface area contributed by atoms with Crippen LogP contribution in [-0.4, -0.2) is 68.8 Å². The Morgan fingerprint density at radius 3 is 2.34 bits per heavy atom. The second-order valence-electron chi connectivity index (χ2n) is 9.34. The minimum atomic E-state index is -1.61. The highest BCUT2D eigenvalue weighted by Crippen LogP contribution is 2.57. The molecule has 6 atom stereocenters. The number of phenols is 1. The molecule has 11 heteroatoms. The molecule has 3 aliphatic heterocycles. The normalized spacial score (nSPS) is 29.2. The van der Waals surface area contributed by atoms with Gasteiger partial charge in [-0.3, -0.25) is 0 Å². The highest BCUT2D eigenvalue weighted by molar-refractivity contribution is 6.17. The molecule has 1 saturated heterocycles. The van der Waals surface area contributed by atoms with Crippen LogP contribution in [0.3, 0.4) is 0 Å². The van der Waals surface area contributed by atoms with E-state index in [4.69, 9.17) is 30.5 Å². The first-order valence-corrected chi connectivity index (χ1v) is 12.4. The molecule has 3 aromatic rings. The number of rotatable bonds is 4. The Kier molecular flexibility index (Phi) is 5.98. The highest BCUT2D eigenvalue weighted by Gasteiger charge is 2.54. The number of aliphatic hydroxyl groups is 4. The Morgan fingerprint density at radius 1 is 0.895 bits per heavy atom. The monoisotopic (exact) mass is 542 g/mol. The van der Waals surface area contributed by atoms with Gasteiger partial charge < -0.3 is 44.5 Å². The van der Waals surface area contributed by atoms with Crippen LogP contribution in [0.1, 0.15) is 32.6 Å². The minimum Gasteiger partial charge on any atom is -0.508 e. The number of alkyl halides is 1. The van der Waals surface area contributed by atoms with Crippen molar-refractivity contribution in [3.05, 3.63) is 82.4 Å². The van der Waals surface area contributed by atoms with Gasteiger partial charge in [-0.2, -0.15) is 0 Å². The SMILES string of the molecule is O=C1OC2(c3ccc(O)cc3Oc3cc(OC4O[C@H](CO)[C@H](O)[C@H](O)[C@H]4O)ccc32)c2ccc(CCl)cc21. The summed E-state index contributed by atoms with van der Waals surface area (Å²) in [7, 11) is 0. The molecule has 0 radical (unpaired) electrons. The molecular weight excluding hydrogens is 520 g/mol. The van der Waals surface area contributed by atoms with Crippen molar-refractivity contribution in [1.82, 2.24) is 0 Å². The number of hydrogen-bond donors (Lipinski definition) is 5. The third kappa shape index (κ3) is 3.64. The highest BCUT2D eigenvalue weighted by atomic mass is 35.5. The van der Waals surface area contributed by atoms with E-state index in [1.807, 2.05) is 0 Å². The number of benzene rings is 3. The minimum absolute atomic E-state index is 0.0573. The third-order valence-corrected chi connectivity index (χ3v) is 7.39. The fourth-order valence-corrected chi connectivity index (χ4v) is 5.37. The largest absolute Gasteiger partial charge is 0.508 e. The summed E-state index contributed by atoms with van der Waals surface area (Å²) in [5, 5.41) is 50.1. The van der Waals surface area contributed by atoms with Gasteiger partial charge in [0, 0.05) is 34.7 Å². The van der Waals surface area contributed by atoms with Gasteiger partial charge in [-0.25, -0.2) is 4.79 Å². The van der Waals surface area contributed by atoms with Gasteiger partial charge in [0.1, 0.15) is 47.4 Å². The molecule has 6 rings (SSSR count). The van der Waals surface area contributed by atoms with Gasteiger partial charge >= 0.3 is 5.97 Å². The molecule has 5 N–H and O–H groups in total. The van der Waals surface area contributed by atoms with E-state index in [9.17, 15) is 30.3 Å². The molecule has 2 unspecified atom stereocenters. The summed E-state index contributed by atoms with van der Waals surface area (Å²) in [5.41, 5.74) is 1.31. The van der Waals surface area contributed by atoms with Gasteiger partial charge in [0.2, 0.25) is 6.29 Å². The number of esters is 1. The number of carbonyl (C=O) groups excluding carboxylic acids is 1. The molecule has 0 bridgehead atoms. The van der Waals surface area contributed by atoms with E-state index in [1.54, 1.807) is 36.4 Å². The van der Waals surface area contributed by atoms with Crippen LogP contribution in [0.5, 0.6) is 23.0 Å². The van der Waals surface area contributed by atoms with Crippen LogP contribution in [0.15, 0.2) is 54.6 Å². The standard InChI is InChI=1S/C27H23ClO10/c28-10-12-1-4-16-15(7-12)25(34)38-27(16)17-5-2-13(30)8-19(17)36-20-9-14(3-6-18(20)27)35-26-24(33)23(32)22(31)21(11-29)37-26/h1-9,21-24,26,29-33H,10-11H2/t21-,22+,23+,24-,26?,27?/m1/s1. The molecule has 0 aromatic heterocycles. The Morgan fingerprint density at radius 2 is 1.61 bits per heavy atom. The first kappa shape index (κ1) is 24.9. The average molecular weight is 543 g/mol.